The van der Waals surface area contributed by atoms with Crippen LogP contribution in [0.25, 0.3) is 0 Å². The maximum Gasteiger partial charge on any atom is 0.404 e. The van der Waals surface area contributed by atoms with Crippen molar-refractivity contribution in [2.45, 2.75) is 63.8 Å². The second kappa shape index (κ2) is 5.24. The van der Waals surface area contributed by atoms with Gasteiger partial charge in [0.05, 0.1) is 17.6 Å². The number of carbonyl (C=O) groups excluding carboxylic acids is 1. The number of hydrogen-bond donors (Lipinski definition) is 2. The molecule has 2 N–H and O–H groups in total. The van der Waals surface area contributed by atoms with Gasteiger partial charge in [-0.3, -0.25) is 4.79 Å². The Bertz CT molecular complexity index is 395. The second-order valence-corrected chi connectivity index (χ2v) is 6.79. The van der Waals surface area contributed by atoms with E-state index in [1.165, 1.54) is 0 Å². The van der Waals surface area contributed by atoms with Crippen LogP contribution in [0.4, 0.5) is 4.79 Å². The van der Waals surface area contributed by atoms with Crippen LogP contribution in [0.3, 0.4) is 0 Å². The van der Waals surface area contributed by atoms with Gasteiger partial charge >= 0.3 is 12.1 Å². The SMILES string of the molecule is CC(C)(C)OC(=O)C1CC2(CCC(CNC(=O)O)O2)C1. The highest BCUT2D eigenvalue weighted by Crippen LogP contribution is 2.49. The zero-order chi connectivity index (χ0) is 15.0. The van der Waals surface area contributed by atoms with Gasteiger partial charge < -0.3 is 19.9 Å². The molecule has 20 heavy (non-hydrogen) atoms. The Morgan fingerprint density at radius 1 is 1.40 bits per heavy atom. The Kier molecular flexibility index (Phi) is 3.95. The normalized spacial score (nSPS) is 32.8. The van der Waals surface area contributed by atoms with Crippen LogP contribution in [0.1, 0.15) is 46.5 Å². The molecule has 6 nitrogen and oxygen atoms in total. The predicted molar refractivity (Wildman–Crippen MR) is 71.4 cm³/mol. The van der Waals surface area contributed by atoms with Crippen LogP contribution in [-0.2, 0) is 14.3 Å². The Morgan fingerprint density at radius 3 is 2.60 bits per heavy atom. The molecule has 0 aromatic heterocycles. The fourth-order valence-electron chi connectivity index (χ4n) is 2.93. The van der Waals surface area contributed by atoms with Crippen LogP contribution < -0.4 is 5.32 Å². The van der Waals surface area contributed by atoms with Crippen molar-refractivity contribution in [2.75, 3.05) is 6.54 Å². The molecule has 0 bridgehead atoms. The van der Waals surface area contributed by atoms with Crippen LogP contribution in [-0.4, -0.2) is 41.0 Å². The van der Waals surface area contributed by atoms with E-state index in [1.54, 1.807) is 0 Å². The van der Waals surface area contributed by atoms with Crippen molar-refractivity contribution in [2.24, 2.45) is 5.92 Å². The Labute approximate surface area is 118 Å². The van der Waals surface area contributed by atoms with Gasteiger partial charge in [-0.1, -0.05) is 0 Å². The Balaban J connectivity index is 1.76. The zero-order valence-corrected chi connectivity index (χ0v) is 12.3. The standard InChI is InChI=1S/C14H23NO5/c1-13(2,3)20-11(16)9-6-14(7-9)5-4-10(19-14)8-15-12(17)18/h9-10,15H,4-8H2,1-3H3,(H,17,18). The van der Waals surface area contributed by atoms with Crippen molar-refractivity contribution in [1.82, 2.24) is 5.32 Å². The van der Waals surface area contributed by atoms with Gasteiger partial charge in [0.25, 0.3) is 0 Å². The van der Waals surface area contributed by atoms with E-state index in [-0.39, 0.29) is 23.6 Å². The summed E-state index contributed by atoms with van der Waals surface area (Å²) in [6, 6.07) is 0. The Hall–Kier alpha value is -1.30. The number of carboxylic acid groups (broad SMARTS) is 1. The van der Waals surface area contributed by atoms with E-state index in [2.05, 4.69) is 5.32 Å². The molecule has 1 unspecified atom stereocenters. The van der Waals surface area contributed by atoms with Crippen LogP contribution >= 0.6 is 0 Å². The van der Waals surface area contributed by atoms with Crippen molar-refractivity contribution in [3.8, 4) is 0 Å². The van der Waals surface area contributed by atoms with Gasteiger partial charge in [-0.05, 0) is 46.5 Å². The van der Waals surface area contributed by atoms with E-state index >= 15 is 0 Å². The molecule has 1 spiro atoms. The highest BCUT2D eigenvalue weighted by molar-refractivity contribution is 5.74. The molecule has 2 fully saturated rings. The third kappa shape index (κ3) is 3.62. The minimum Gasteiger partial charge on any atom is -0.465 e. The summed E-state index contributed by atoms with van der Waals surface area (Å²) in [5, 5.41) is 10.9. The molecule has 1 atom stereocenters. The van der Waals surface area contributed by atoms with Gasteiger partial charge in [0.15, 0.2) is 0 Å². The molecule has 2 rings (SSSR count). The average molecular weight is 285 g/mol. The van der Waals surface area contributed by atoms with Crippen molar-refractivity contribution in [3.63, 3.8) is 0 Å². The number of ether oxygens (including phenoxy) is 2. The van der Waals surface area contributed by atoms with Crippen LogP contribution in [0.2, 0.25) is 0 Å². The zero-order valence-electron chi connectivity index (χ0n) is 12.3. The van der Waals surface area contributed by atoms with E-state index in [0.29, 0.717) is 19.4 Å². The largest absolute Gasteiger partial charge is 0.465 e. The number of amides is 1. The van der Waals surface area contributed by atoms with E-state index in [4.69, 9.17) is 14.6 Å². The first-order valence-corrected chi connectivity index (χ1v) is 7.07. The molecular weight excluding hydrogens is 262 g/mol. The van der Waals surface area contributed by atoms with Gasteiger partial charge in [-0.2, -0.15) is 0 Å². The van der Waals surface area contributed by atoms with Gasteiger partial charge in [-0.25, -0.2) is 4.79 Å². The minimum atomic E-state index is -1.03. The fraction of sp³-hybridized carbons (Fsp3) is 0.857. The van der Waals surface area contributed by atoms with E-state index in [0.717, 1.165) is 12.8 Å². The molecule has 1 aliphatic heterocycles. The molecule has 114 valence electrons. The molecule has 0 aromatic rings. The number of carbonyl (C=O) groups is 2. The molecular formula is C14H23NO5. The summed E-state index contributed by atoms with van der Waals surface area (Å²) < 4.78 is 11.3. The van der Waals surface area contributed by atoms with Gasteiger partial charge in [0.2, 0.25) is 0 Å². The highest BCUT2D eigenvalue weighted by atomic mass is 16.6. The van der Waals surface area contributed by atoms with Crippen molar-refractivity contribution in [1.29, 1.82) is 0 Å². The summed E-state index contributed by atoms with van der Waals surface area (Å²) in [5.41, 5.74) is -0.684. The molecule has 1 aliphatic carbocycles. The molecule has 0 radical (unpaired) electrons. The summed E-state index contributed by atoms with van der Waals surface area (Å²) in [7, 11) is 0. The lowest BCUT2D eigenvalue weighted by Crippen LogP contribution is -2.49. The lowest BCUT2D eigenvalue weighted by Gasteiger charge is -2.44. The van der Waals surface area contributed by atoms with Crippen LogP contribution in [0, 0.1) is 5.92 Å². The maximum atomic E-state index is 11.9. The summed E-state index contributed by atoms with van der Waals surface area (Å²) in [6.45, 7) is 5.89. The highest BCUT2D eigenvalue weighted by Gasteiger charge is 2.53. The van der Waals surface area contributed by atoms with Gasteiger partial charge in [0.1, 0.15) is 5.60 Å². The van der Waals surface area contributed by atoms with Crippen molar-refractivity contribution in [3.05, 3.63) is 0 Å². The third-order valence-corrected chi connectivity index (χ3v) is 3.80. The van der Waals surface area contributed by atoms with Crippen LogP contribution in [0.5, 0.6) is 0 Å². The quantitative estimate of drug-likeness (QED) is 0.774. The summed E-state index contributed by atoms with van der Waals surface area (Å²) >= 11 is 0. The monoisotopic (exact) mass is 285 g/mol. The van der Waals surface area contributed by atoms with Gasteiger partial charge in [0, 0.05) is 6.54 Å². The summed E-state index contributed by atoms with van der Waals surface area (Å²) in [5.74, 6) is -0.237. The molecule has 2 aliphatic rings. The maximum absolute atomic E-state index is 11.9. The molecule has 1 amide bonds. The van der Waals surface area contributed by atoms with E-state index in [9.17, 15) is 9.59 Å². The average Bonchev–Trinajstić information content (AvgIpc) is 2.66. The lowest BCUT2D eigenvalue weighted by molar-refractivity contribution is -0.180. The molecule has 1 saturated carbocycles. The Morgan fingerprint density at radius 2 is 2.05 bits per heavy atom. The van der Waals surface area contributed by atoms with Crippen LogP contribution in [0.15, 0.2) is 0 Å². The number of rotatable bonds is 3. The van der Waals surface area contributed by atoms with Crippen molar-refractivity contribution < 1.29 is 24.2 Å². The minimum absolute atomic E-state index is 0.0781. The molecule has 1 heterocycles. The molecule has 6 heteroatoms. The summed E-state index contributed by atoms with van der Waals surface area (Å²) in [6.07, 6.45) is 1.98. The van der Waals surface area contributed by atoms with E-state index in [1.807, 2.05) is 20.8 Å². The summed E-state index contributed by atoms with van der Waals surface area (Å²) in [4.78, 5) is 22.4. The first kappa shape index (κ1) is 15.1. The first-order valence-electron chi connectivity index (χ1n) is 7.07. The third-order valence-electron chi connectivity index (χ3n) is 3.80. The van der Waals surface area contributed by atoms with Crippen molar-refractivity contribution >= 4 is 12.1 Å². The van der Waals surface area contributed by atoms with Gasteiger partial charge in [-0.15, -0.1) is 0 Å². The first-order chi connectivity index (χ1) is 9.19. The second-order valence-electron chi connectivity index (χ2n) is 6.79. The molecule has 0 aromatic carbocycles. The fourth-order valence-corrected chi connectivity index (χ4v) is 2.93. The molecule has 1 saturated heterocycles. The number of nitrogens with one attached hydrogen (secondary N) is 1. The smallest absolute Gasteiger partial charge is 0.404 e. The number of esters is 1. The topological polar surface area (TPSA) is 84.9 Å². The van der Waals surface area contributed by atoms with E-state index < -0.39 is 11.7 Å². The predicted octanol–water partition coefficient (Wildman–Crippen LogP) is 1.92. The number of hydrogen-bond acceptors (Lipinski definition) is 4. The lowest BCUT2D eigenvalue weighted by atomic mass is 9.69.